The molecule has 0 aliphatic heterocycles. The third-order valence-electron chi connectivity index (χ3n) is 6.73. The van der Waals surface area contributed by atoms with Crippen molar-refractivity contribution in [3.05, 3.63) is 52.0 Å². The van der Waals surface area contributed by atoms with Crippen LogP contribution in [0.1, 0.15) is 95.4 Å². The van der Waals surface area contributed by atoms with Crippen molar-refractivity contribution < 1.29 is 33.4 Å². The Morgan fingerprint density at radius 1 is 1.05 bits per heavy atom. The average Bonchev–Trinajstić information content (AvgIpc) is 3.40. The molecule has 2 rings (SSSR count). The van der Waals surface area contributed by atoms with E-state index >= 15 is 0 Å². The molecule has 2 aromatic rings. The Morgan fingerprint density at radius 2 is 1.70 bits per heavy atom. The van der Waals surface area contributed by atoms with Gasteiger partial charge >= 0.3 is 18.0 Å². The van der Waals surface area contributed by atoms with E-state index in [0.717, 1.165) is 5.56 Å². The van der Waals surface area contributed by atoms with Crippen molar-refractivity contribution in [1.82, 2.24) is 15.2 Å². The molecule has 0 saturated carbocycles. The van der Waals surface area contributed by atoms with E-state index in [0.29, 0.717) is 17.8 Å². The van der Waals surface area contributed by atoms with Gasteiger partial charge in [-0.3, -0.25) is 14.4 Å². The molecule has 4 atom stereocenters. The van der Waals surface area contributed by atoms with Gasteiger partial charge in [0.15, 0.2) is 6.10 Å². The van der Waals surface area contributed by atoms with Crippen LogP contribution in [0, 0.1) is 11.8 Å². The van der Waals surface area contributed by atoms with Crippen LogP contribution in [0.5, 0.6) is 0 Å². The second-order valence-corrected chi connectivity index (χ2v) is 12.9. The van der Waals surface area contributed by atoms with Crippen LogP contribution in [-0.4, -0.2) is 65.2 Å². The van der Waals surface area contributed by atoms with E-state index in [4.69, 9.17) is 14.2 Å². The van der Waals surface area contributed by atoms with Crippen molar-refractivity contribution >= 4 is 35.3 Å². The minimum atomic E-state index is -0.773. The van der Waals surface area contributed by atoms with Crippen molar-refractivity contribution in [2.24, 2.45) is 11.8 Å². The topological polar surface area (TPSA) is 124 Å². The molecule has 1 N–H and O–H groups in total. The maximum Gasteiger partial charge on any atom is 0.410 e. The fourth-order valence-electron chi connectivity index (χ4n) is 4.66. The molecule has 1 aromatic heterocycles. The van der Waals surface area contributed by atoms with Crippen molar-refractivity contribution in [2.45, 2.75) is 98.4 Å². The molecule has 238 valence electrons. The summed E-state index contributed by atoms with van der Waals surface area (Å²) in [5.74, 6) is -1.61. The van der Waals surface area contributed by atoms with Gasteiger partial charge in [-0.05, 0) is 52.0 Å². The second kappa shape index (κ2) is 16.4. The predicted molar refractivity (Wildman–Crippen MR) is 166 cm³/mol. The van der Waals surface area contributed by atoms with Gasteiger partial charge in [-0.2, -0.15) is 0 Å². The summed E-state index contributed by atoms with van der Waals surface area (Å²) in [5, 5.41) is 5.11. The first-order chi connectivity index (χ1) is 20.1. The highest BCUT2D eigenvalue weighted by molar-refractivity contribution is 7.09. The third kappa shape index (κ3) is 12.0. The maximum absolute atomic E-state index is 13.4. The zero-order chi connectivity index (χ0) is 32.3. The van der Waals surface area contributed by atoms with Gasteiger partial charge < -0.3 is 24.4 Å². The molecule has 0 bridgehead atoms. The quantitative estimate of drug-likeness (QED) is 0.203. The molecule has 10 nitrogen and oxygen atoms in total. The van der Waals surface area contributed by atoms with Crippen LogP contribution >= 0.6 is 11.3 Å². The first-order valence-corrected chi connectivity index (χ1v) is 15.6. The number of nitrogens with one attached hydrogen (secondary N) is 1. The highest BCUT2D eigenvalue weighted by Gasteiger charge is 2.33. The summed E-state index contributed by atoms with van der Waals surface area (Å²) in [7, 11) is 1.66. The number of ether oxygens (including phenoxy) is 3. The van der Waals surface area contributed by atoms with Gasteiger partial charge in [0.25, 0.3) is 5.91 Å². The van der Waals surface area contributed by atoms with Crippen LogP contribution < -0.4 is 5.32 Å². The molecule has 0 aliphatic rings. The Morgan fingerprint density at radius 3 is 2.26 bits per heavy atom. The van der Waals surface area contributed by atoms with Crippen LogP contribution in [0.4, 0.5) is 4.79 Å². The van der Waals surface area contributed by atoms with Gasteiger partial charge in [-0.25, -0.2) is 9.78 Å². The number of rotatable bonds is 14. The first-order valence-electron chi connectivity index (χ1n) is 14.7. The predicted octanol–water partition coefficient (Wildman–Crippen LogP) is 5.96. The van der Waals surface area contributed by atoms with Crippen LogP contribution in [0.2, 0.25) is 0 Å². The van der Waals surface area contributed by atoms with E-state index in [1.165, 1.54) is 23.2 Å². The summed E-state index contributed by atoms with van der Waals surface area (Å²) in [6, 6.07) is 9.03. The Labute approximate surface area is 259 Å². The number of benzene rings is 1. The Kier molecular flexibility index (Phi) is 13.6. The highest BCUT2D eigenvalue weighted by Crippen LogP contribution is 2.31. The second-order valence-electron chi connectivity index (χ2n) is 12.1. The fraction of sp³-hybridized carbons (Fsp3) is 0.594. The number of aromatic nitrogens is 1. The Bertz CT molecular complexity index is 1210. The molecule has 0 fully saturated rings. The van der Waals surface area contributed by atoms with E-state index in [1.54, 1.807) is 47.0 Å². The highest BCUT2D eigenvalue weighted by atomic mass is 32.1. The lowest BCUT2D eigenvalue weighted by atomic mass is 9.96. The Hall–Kier alpha value is -3.47. The number of carbonyl (C=O) groups excluding carboxylic acids is 4. The van der Waals surface area contributed by atoms with Crippen molar-refractivity contribution in [1.29, 1.82) is 0 Å². The summed E-state index contributed by atoms with van der Waals surface area (Å²) in [4.78, 5) is 56.7. The number of carbonyl (C=O) groups is 4. The van der Waals surface area contributed by atoms with Gasteiger partial charge in [0, 0.05) is 37.9 Å². The zero-order valence-corrected chi connectivity index (χ0v) is 27.7. The van der Waals surface area contributed by atoms with Crippen LogP contribution in [0.3, 0.4) is 0 Å². The molecule has 0 saturated heterocycles. The van der Waals surface area contributed by atoms with E-state index in [1.807, 2.05) is 44.2 Å². The molecular weight excluding hydrogens is 570 g/mol. The number of nitrogens with zero attached hydrogens (tertiary/aromatic N) is 2. The molecule has 2 amide bonds. The molecule has 1 aromatic carbocycles. The summed E-state index contributed by atoms with van der Waals surface area (Å²) in [6.07, 6.45) is -0.0653. The molecule has 1 heterocycles. The summed E-state index contributed by atoms with van der Waals surface area (Å²) >= 11 is 1.21. The van der Waals surface area contributed by atoms with Crippen molar-refractivity contribution in [2.75, 3.05) is 13.7 Å². The normalized spacial score (nSPS) is 14.3. The monoisotopic (exact) mass is 617 g/mol. The standard InChI is InChI=1S/C32H47N3O7S/c1-10-40-30(38)21(4)16-24(17-23-14-12-11-13-15-23)33-28(37)25-19-43-29(34-25)27(41-22(5)36)18-26(20(2)3)35(9)31(39)42-32(6,7)8/h11-15,19-21,24,26-27H,10,16-18H2,1-9H3,(H,33,37)/t21-,24-,26-,27+/m0/s1. The molecule has 0 unspecified atom stereocenters. The number of esters is 2. The zero-order valence-electron chi connectivity index (χ0n) is 26.8. The summed E-state index contributed by atoms with van der Waals surface area (Å²) in [5.41, 5.74) is 0.541. The number of hydrogen-bond donors (Lipinski definition) is 1. The average molecular weight is 618 g/mol. The van der Waals surface area contributed by atoms with Gasteiger partial charge in [0.1, 0.15) is 16.3 Å². The van der Waals surface area contributed by atoms with Gasteiger partial charge in [0.2, 0.25) is 0 Å². The number of thiazole rings is 1. The van der Waals surface area contributed by atoms with E-state index < -0.39 is 35.6 Å². The SMILES string of the molecule is CCOC(=O)[C@@H](C)C[C@@H](Cc1ccccc1)NC(=O)c1csc([C@@H](C[C@@H](C(C)C)N(C)C(=O)OC(C)(C)C)OC(C)=O)n1. The largest absolute Gasteiger partial charge is 0.466 e. The fourth-order valence-corrected chi connectivity index (χ4v) is 5.50. The van der Waals surface area contributed by atoms with Crippen molar-refractivity contribution in [3.63, 3.8) is 0 Å². The van der Waals surface area contributed by atoms with Gasteiger partial charge in [0.05, 0.1) is 12.5 Å². The van der Waals surface area contributed by atoms with Crippen LogP contribution in [0.25, 0.3) is 0 Å². The van der Waals surface area contributed by atoms with Crippen LogP contribution in [-0.2, 0) is 30.2 Å². The minimum Gasteiger partial charge on any atom is -0.466 e. The smallest absolute Gasteiger partial charge is 0.410 e. The summed E-state index contributed by atoms with van der Waals surface area (Å²) in [6.45, 7) is 14.5. The van der Waals surface area contributed by atoms with E-state index in [2.05, 4.69) is 10.3 Å². The Balaban J connectivity index is 2.26. The molecule has 0 aliphatic carbocycles. The number of amides is 2. The lowest BCUT2D eigenvalue weighted by Crippen LogP contribution is -2.44. The molecular formula is C32H47N3O7S. The lowest BCUT2D eigenvalue weighted by molar-refractivity contribution is -0.148. The molecule has 11 heteroatoms. The lowest BCUT2D eigenvalue weighted by Gasteiger charge is -2.34. The van der Waals surface area contributed by atoms with E-state index in [9.17, 15) is 19.2 Å². The molecule has 0 spiro atoms. The third-order valence-corrected chi connectivity index (χ3v) is 7.67. The summed E-state index contributed by atoms with van der Waals surface area (Å²) < 4.78 is 16.4. The first kappa shape index (κ1) is 35.7. The number of hydrogen-bond acceptors (Lipinski definition) is 9. The van der Waals surface area contributed by atoms with Crippen molar-refractivity contribution in [3.8, 4) is 0 Å². The minimum absolute atomic E-state index is 0.0124. The van der Waals surface area contributed by atoms with Crippen LogP contribution in [0.15, 0.2) is 35.7 Å². The molecule has 0 radical (unpaired) electrons. The van der Waals surface area contributed by atoms with Gasteiger partial charge in [-0.15, -0.1) is 11.3 Å². The molecule has 43 heavy (non-hydrogen) atoms. The van der Waals surface area contributed by atoms with Gasteiger partial charge in [-0.1, -0.05) is 51.1 Å². The van der Waals surface area contributed by atoms with E-state index in [-0.39, 0.29) is 42.7 Å². The maximum atomic E-state index is 13.4.